The van der Waals surface area contributed by atoms with Crippen LogP contribution in [-0.2, 0) is 18.9 Å². The molecule has 1 aromatic carbocycles. The van der Waals surface area contributed by atoms with Gasteiger partial charge in [0.1, 0.15) is 12.7 Å². The summed E-state index contributed by atoms with van der Waals surface area (Å²) in [5.41, 5.74) is 0.575. The van der Waals surface area contributed by atoms with Gasteiger partial charge in [-0.15, -0.1) is 0 Å². The van der Waals surface area contributed by atoms with E-state index in [-0.39, 0.29) is 22.9 Å². The number of ether oxygens (including phenoxy) is 4. The van der Waals surface area contributed by atoms with Gasteiger partial charge in [0, 0.05) is 12.2 Å². The number of H-pyrrole nitrogens is 1. The van der Waals surface area contributed by atoms with Crippen molar-refractivity contribution in [1.82, 2.24) is 19.5 Å². The zero-order valence-electron chi connectivity index (χ0n) is 14.8. The topological polar surface area (TPSA) is 118 Å². The molecule has 0 unspecified atom stereocenters. The molecule has 0 saturated carbocycles. The lowest BCUT2D eigenvalue weighted by Crippen LogP contribution is -2.32. The Bertz CT molecular complexity index is 1150. The van der Waals surface area contributed by atoms with Gasteiger partial charge in [-0.2, -0.15) is 0 Å². The summed E-state index contributed by atoms with van der Waals surface area (Å²) in [5.74, 6) is -0.475. The van der Waals surface area contributed by atoms with E-state index in [1.165, 1.54) is 12.7 Å². The average molecular weight is 414 g/mol. The predicted octanol–water partition coefficient (Wildman–Crippen LogP) is 0.943. The van der Waals surface area contributed by atoms with Crippen LogP contribution in [0.1, 0.15) is 16.6 Å². The molecule has 2 fully saturated rings. The van der Waals surface area contributed by atoms with Crippen molar-refractivity contribution in [3.63, 3.8) is 0 Å². The van der Waals surface area contributed by atoms with Gasteiger partial charge in [0.05, 0.1) is 18.2 Å². The van der Waals surface area contributed by atoms with Crippen molar-refractivity contribution in [3.8, 4) is 0 Å². The van der Waals surface area contributed by atoms with Crippen LogP contribution in [0.3, 0.4) is 0 Å². The van der Waals surface area contributed by atoms with Gasteiger partial charge in [-0.1, -0.05) is 18.2 Å². The van der Waals surface area contributed by atoms with Crippen molar-refractivity contribution in [3.05, 3.63) is 58.9 Å². The second kappa shape index (κ2) is 6.94. The molecule has 0 radical (unpaired) electrons. The van der Waals surface area contributed by atoms with Crippen molar-refractivity contribution in [1.29, 1.82) is 0 Å². The van der Waals surface area contributed by atoms with Gasteiger partial charge in [-0.05, 0) is 12.1 Å². The van der Waals surface area contributed by atoms with Crippen LogP contribution >= 0.6 is 12.2 Å². The number of aromatic nitrogens is 4. The number of carbonyl (C=O) groups is 1. The van der Waals surface area contributed by atoms with Crippen LogP contribution in [0.15, 0.2) is 47.8 Å². The molecule has 3 aromatic rings. The zero-order valence-corrected chi connectivity index (χ0v) is 15.6. The summed E-state index contributed by atoms with van der Waals surface area (Å²) >= 11 is 5.03. The largest absolute Gasteiger partial charge is 0.459 e. The van der Waals surface area contributed by atoms with E-state index in [1.54, 1.807) is 28.8 Å². The van der Waals surface area contributed by atoms with Gasteiger partial charge in [-0.25, -0.2) is 14.8 Å². The first-order valence-corrected chi connectivity index (χ1v) is 9.18. The molecule has 4 atom stereocenters. The summed E-state index contributed by atoms with van der Waals surface area (Å²) in [4.78, 5) is 34.9. The maximum absolute atomic E-state index is 12.2. The summed E-state index contributed by atoms with van der Waals surface area (Å²) in [6.45, 7) is -0.0575. The molecule has 4 heterocycles. The fourth-order valence-electron chi connectivity index (χ4n) is 3.45. The SMILES string of the molecule is O=C(OC[C@@H]1O[C@H](n2cnc3c(=O)[nH]cnc32)[C@H]2OC(=S)O[C@H]21)c1ccccc1. The predicted molar refractivity (Wildman–Crippen MR) is 101 cm³/mol. The third kappa shape index (κ3) is 3.04. The van der Waals surface area contributed by atoms with Crippen LogP contribution in [0.4, 0.5) is 0 Å². The van der Waals surface area contributed by atoms with Gasteiger partial charge < -0.3 is 23.9 Å². The Balaban J connectivity index is 1.39. The molecule has 2 saturated heterocycles. The van der Waals surface area contributed by atoms with Crippen LogP contribution in [0.25, 0.3) is 11.2 Å². The molecule has 1 N–H and O–H groups in total. The molecule has 0 aliphatic carbocycles. The number of benzene rings is 1. The van der Waals surface area contributed by atoms with Gasteiger partial charge >= 0.3 is 11.2 Å². The van der Waals surface area contributed by atoms with Crippen LogP contribution in [0.5, 0.6) is 0 Å². The van der Waals surface area contributed by atoms with Gasteiger partial charge in [0.15, 0.2) is 29.6 Å². The maximum atomic E-state index is 12.2. The molecule has 2 aliphatic heterocycles. The van der Waals surface area contributed by atoms with Crippen molar-refractivity contribution in [2.75, 3.05) is 6.61 Å². The zero-order chi connectivity index (χ0) is 20.0. The first kappa shape index (κ1) is 17.8. The minimum absolute atomic E-state index is 0.0112. The number of esters is 1. The fourth-order valence-corrected chi connectivity index (χ4v) is 3.67. The summed E-state index contributed by atoms with van der Waals surface area (Å²) in [6.07, 6.45) is 0.220. The summed E-state index contributed by atoms with van der Waals surface area (Å²) in [6, 6.07) is 8.63. The van der Waals surface area contributed by atoms with Gasteiger partial charge in [-0.3, -0.25) is 9.36 Å². The monoisotopic (exact) mass is 414 g/mol. The Labute approximate surface area is 168 Å². The summed E-state index contributed by atoms with van der Waals surface area (Å²) in [7, 11) is 0. The van der Waals surface area contributed by atoms with Crippen LogP contribution < -0.4 is 5.56 Å². The van der Waals surface area contributed by atoms with Crippen LogP contribution in [0.2, 0.25) is 0 Å². The quantitative estimate of drug-likeness (QED) is 0.492. The number of carbonyl (C=O) groups excluding carboxylic acids is 1. The Morgan fingerprint density at radius 2 is 2.00 bits per heavy atom. The van der Waals surface area contributed by atoms with E-state index in [1.807, 2.05) is 6.07 Å². The van der Waals surface area contributed by atoms with E-state index in [2.05, 4.69) is 15.0 Å². The number of thiocarbonyl (C=S) groups is 1. The van der Waals surface area contributed by atoms with E-state index < -0.39 is 30.5 Å². The number of nitrogens with one attached hydrogen (secondary N) is 1. The van der Waals surface area contributed by atoms with E-state index >= 15 is 0 Å². The number of imidazole rings is 1. The van der Waals surface area contributed by atoms with E-state index in [4.69, 9.17) is 31.2 Å². The number of rotatable bonds is 4. The third-order valence-electron chi connectivity index (χ3n) is 4.78. The Kier molecular flexibility index (Phi) is 4.25. The van der Waals surface area contributed by atoms with E-state index in [9.17, 15) is 9.59 Å². The molecular formula is C18H14N4O6S. The average Bonchev–Trinajstić information content (AvgIpc) is 3.41. The fraction of sp³-hybridized carbons (Fsp3) is 0.278. The molecule has 29 heavy (non-hydrogen) atoms. The number of hydrogen-bond acceptors (Lipinski definition) is 9. The smallest absolute Gasteiger partial charge is 0.353 e. The molecule has 10 nitrogen and oxygen atoms in total. The van der Waals surface area contributed by atoms with Gasteiger partial charge in [0.25, 0.3) is 5.56 Å². The molecule has 0 amide bonds. The minimum atomic E-state index is -0.708. The van der Waals surface area contributed by atoms with Crippen molar-refractivity contribution < 1.29 is 23.7 Å². The highest BCUT2D eigenvalue weighted by Crippen LogP contribution is 2.39. The standard InChI is InChI=1S/C18H14N4O6S/c23-15-11-14(19-7-20-15)22(8-21-11)16-13-12(27-18(29)28-13)10(26-16)6-25-17(24)9-4-2-1-3-5-9/h1-5,7-8,10,12-13,16H,6H2,(H,19,20,23)/t10-,12-,13-,16-/m0/s1. The van der Waals surface area contributed by atoms with E-state index in [0.717, 1.165) is 0 Å². The Hall–Kier alpha value is -3.31. The molecular weight excluding hydrogens is 400 g/mol. The molecule has 2 aromatic heterocycles. The van der Waals surface area contributed by atoms with Crippen molar-refractivity contribution >= 4 is 34.6 Å². The molecule has 0 bridgehead atoms. The molecule has 5 rings (SSSR count). The molecule has 148 valence electrons. The second-order valence-electron chi connectivity index (χ2n) is 6.50. The highest BCUT2D eigenvalue weighted by atomic mass is 32.1. The first-order chi connectivity index (χ1) is 14.1. The minimum Gasteiger partial charge on any atom is -0.459 e. The third-order valence-corrected chi connectivity index (χ3v) is 4.97. The number of fused-ring (bicyclic) bond motifs is 2. The van der Waals surface area contributed by atoms with Crippen molar-refractivity contribution in [2.45, 2.75) is 24.5 Å². The van der Waals surface area contributed by atoms with Crippen molar-refractivity contribution in [2.24, 2.45) is 0 Å². The lowest BCUT2D eigenvalue weighted by molar-refractivity contribution is -0.0648. The Morgan fingerprint density at radius 1 is 1.21 bits per heavy atom. The second-order valence-corrected chi connectivity index (χ2v) is 6.83. The molecule has 11 heteroatoms. The lowest BCUT2D eigenvalue weighted by Gasteiger charge is -2.18. The highest BCUT2D eigenvalue weighted by molar-refractivity contribution is 7.79. The molecule has 0 spiro atoms. The van der Waals surface area contributed by atoms with Gasteiger partial charge in [0.2, 0.25) is 0 Å². The summed E-state index contributed by atoms with van der Waals surface area (Å²) < 4.78 is 24.2. The van der Waals surface area contributed by atoms with E-state index in [0.29, 0.717) is 11.2 Å². The van der Waals surface area contributed by atoms with Crippen LogP contribution in [0, 0.1) is 0 Å². The number of nitrogens with zero attached hydrogens (tertiary/aromatic N) is 3. The first-order valence-electron chi connectivity index (χ1n) is 8.77. The highest BCUT2D eigenvalue weighted by Gasteiger charge is 2.54. The number of hydrogen-bond donors (Lipinski definition) is 1. The lowest BCUT2D eigenvalue weighted by atomic mass is 10.1. The molecule has 2 aliphatic rings. The number of aromatic amines is 1. The Morgan fingerprint density at radius 3 is 2.83 bits per heavy atom. The maximum Gasteiger partial charge on any atom is 0.353 e. The normalized spacial score (nSPS) is 25.4. The summed E-state index contributed by atoms with van der Waals surface area (Å²) in [5, 5.41) is -0.0112. The van der Waals surface area contributed by atoms with Crippen LogP contribution in [-0.4, -0.2) is 55.6 Å².